The lowest BCUT2D eigenvalue weighted by molar-refractivity contribution is -0.139. The third-order valence-electron chi connectivity index (χ3n) is 19.9. The molecule has 0 saturated carbocycles. The van der Waals surface area contributed by atoms with Crippen molar-refractivity contribution in [3.8, 4) is 0 Å². The quantitative estimate of drug-likeness (QED) is 0.0125. The van der Waals surface area contributed by atoms with Gasteiger partial charge in [-0.3, -0.25) is 33.6 Å². The van der Waals surface area contributed by atoms with Crippen LogP contribution < -0.4 is 86.0 Å². The van der Waals surface area contributed by atoms with Crippen LogP contribution in [0.3, 0.4) is 0 Å². The summed E-state index contributed by atoms with van der Waals surface area (Å²) in [6.07, 6.45) is 13.7. The van der Waals surface area contributed by atoms with Crippen molar-refractivity contribution in [3.05, 3.63) is 260 Å². The molecule has 0 aromatic heterocycles. The van der Waals surface area contributed by atoms with Crippen molar-refractivity contribution in [2.45, 2.75) is 252 Å². The van der Waals surface area contributed by atoms with E-state index >= 15 is 0 Å². The van der Waals surface area contributed by atoms with Crippen LogP contribution in [0.15, 0.2) is 187 Å². The molecule has 0 spiro atoms. The van der Waals surface area contributed by atoms with Gasteiger partial charge in [-0.05, 0) is 213 Å². The monoisotopic (exact) mass is 1740 g/mol. The Labute approximate surface area is 740 Å². The molecule has 29 heteroatoms. The fraction of sp³-hybridized carbons (Fsp3) is 0.448. The molecule has 125 heavy (non-hydrogen) atoms. The largest absolute Gasteiger partial charge is 0.480 e. The summed E-state index contributed by atoms with van der Waals surface area (Å²) in [5.74, 6) is -4.84. The minimum Gasteiger partial charge on any atom is -0.480 e. The Morgan fingerprint density at radius 1 is 0.336 bits per heavy atom. The summed E-state index contributed by atoms with van der Waals surface area (Å²) in [6.45, 7) is 23.1. The third kappa shape index (κ3) is 50.1. The molecule has 29 nitrogen and oxygen atoms in total. The Kier molecular flexibility index (Phi) is 55.5. The average molecular weight is 1740 g/mol. The van der Waals surface area contributed by atoms with Crippen LogP contribution in [0.5, 0.6) is 0 Å². The van der Waals surface area contributed by atoms with Gasteiger partial charge in [0, 0.05) is 42.3 Å². The lowest BCUT2D eigenvalue weighted by atomic mass is 9.96. The fourth-order valence-electron chi connectivity index (χ4n) is 11.7. The molecule has 0 bridgehead atoms. The number of hydrogen-bond donors (Lipinski definition) is 22. The van der Waals surface area contributed by atoms with E-state index in [-0.39, 0.29) is 44.1 Å². The van der Waals surface area contributed by atoms with E-state index in [0.29, 0.717) is 79.1 Å². The summed E-state index contributed by atoms with van der Waals surface area (Å²) in [7, 11) is 0. The first-order valence-corrected chi connectivity index (χ1v) is 41.9. The van der Waals surface area contributed by atoms with Gasteiger partial charge in [0.15, 0.2) is 0 Å². The van der Waals surface area contributed by atoms with Crippen molar-refractivity contribution < 1.29 is 69.3 Å². The van der Waals surface area contributed by atoms with Gasteiger partial charge in [-0.25, -0.2) is 0 Å². The Balaban J connectivity index is 0.00000144. The molecule has 0 radical (unpaired) electrons. The molecule has 7 aromatic rings. The molecule has 12 atom stereocenters. The van der Waals surface area contributed by atoms with E-state index in [1.165, 1.54) is 11.1 Å². The average Bonchev–Trinajstić information content (AvgIpc) is 0.877. The summed E-state index contributed by atoms with van der Waals surface area (Å²) in [5.41, 5.74) is 101. The number of nitrogens with two attached hydrogens (primary N) is 15. The number of hydrogen-bond acceptors (Lipinski definition) is 22. The van der Waals surface area contributed by atoms with E-state index in [4.69, 9.17) is 122 Å². The van der Waals surface area contributed by atoms with E-state index in [1.54, 1.807) is 18.2 Å². The van der Waals surface area contributed by atoms with Crippen molar-refractivity contribution in [3.63, 3.8) is 0 Å². The zero-order valence-corrected chi connectivity index (χ0v) is 74.2. The number of para-hydroxylation sites is 1. The number of rotatable bonds is 40. The summed E-state index contributed by atoms with van der Waals surface area (Å²) in [5, 5.41) is 61.0. The molecule has 7 aromatic carbocycles. The molecular weight excluding hydrogens is 1590 g/mol. The normalized spacial score (nSPS) is 13.8. The van der Waals surface area contributed by atoms with Crippen molar-refractivity contribution in [1.82, 2.24) is 0 Å². The number of allylic oxidation sites excluding steroid dienone is 3. The van der Waals surface area contributed by atoms with Gasteiger partial charge in [-0.2, -0.15) is 0 Å². The number of aryl methyl sites for hydroxylation is 1. The minimum absolute atomic E-state index is 0. The standard InChI is InChI=1S/C15H24N2O2.C15H22N2O2.C15H24N2O2.C15H22N2O2.C14H22N2O2.C12H18N2O2.C9H13N3O2.CH4/c2*1-10(2)3-8-13(16)12-6-4-11(5-7-12)9-14(17)15(18)19;2*1-10(2)13(16)8-7-11-3-5-12(6-4-11)9-14(17)15(18)19;1-9(2)7-12(15)11-5-3-10(4-6-11)8-13(16)14(17)18;1-8(13)6-9-2-4-10(5-3-9)7-11(14)12(15)16;10-6-3-1-2-5(8(6)12)4-7(11)9(13)14;/h4-7,10,13-14H,3,8-9,16-17H2,1-2H3,(H,18,19);3-7,13-14H,8-9,16-17H2,1-2H3,(H,18,19);3-6,10,13-14H,7-9,16-17H2,1-2H3,(H,18,19);3-6,8,10,14H,7,9,16-17H2,1-2H3,(H,18,19);3-6,9,12-13H,7-8,15-16H2,1-2H3,(H,17,18);2-5,8,11H,6-7,13-14H2,1H3,(H,15,16);1-3,7H,4,10-12H2,(H,13,14);1H4/b;;;13-8-;;;;. The lowest BCUT2D eigenvalue weighted by Crippen LogP contribution is -2.32. The minimum atomic E-state index is -1.05. The number of benzene rings is 7. The SMILES string of the molecule is C.CC(C)/C(N)=C/Cc1ccc(CC(N)C(=O)O)cc1.CC(C)=CCC(N)c1ccc(CC(N)C(=O)O)cc1.CC(C)C(N)CCc1ccc(CC(N)C(=O)O)cc1.CC(C)CC(N)c1ccc(CC(N)C(=O)O)cc1.CC(C)CCC(N)c1ccc(CC(N)C(=O)O)cc1.CC(N)Cc1ccc(CC(N)C(=O)O)cc1.Nc1cccc(CC(N)C(=O)O)c1N. The highest BCUT2D eigenvalue weighted by Crippen LogP contribution is 2.24. The van der Waals surface area contributed by atoms with Crippen LogP contribution in [-0.4, -0.2) is 132 Å². The van der Waals surface area contributed by atoms with E-state index in [9.17, 15) is 33.6 Å². The Morgan fingerprint density at radius 2 is 0.632 bits per heavy atom. The molecule has 0 aliphatic carbocycles. The molecule has 0 fully saturated rings. The van der Waals surface area contributed by atoms with Crippen LogP contribution in [-0.2, 0) is 97.8 Å². The Hall–Kier alpha value is -10.8. The number of aliphatic carboxylic acids is 7. The maximum Gasteiger partial charge on any atom is 0.320 e. The molecule has 0 aliphatic heterocycles. The third-order valence-corrected chi connectivity index (χ3v) is 19.9. The first-order valence-electron chi connectivity index (χ1n) is 41.9. The predicted molar refractivity (Wildman–Crippen MR) is 504 cm³/mol. The molecular formula is C96H149N15O14. The van der Waals surface area contributed by atoms with Crippen LogP contribution in [0.25, 0.3) is 0 Å². The molecule has 37 N–H and O–H groups in total. The topological polar surface area (TPSA) is 651 Å². The van der Waals surface area contributed by atoms with Crippen molar-refractivity contribution >= 4 is 53.2 Å². The summed E-state index contributed by atoms with van der Waals surface area (Å²) in [6, 6.07) is 46.1. The van der Waals surface area contributed by atoms with Gasteiger partial charge < -0.3 is 122 Å². The number of anilines is 2. The highest BCUT2D eigenvalue weighted by atomic mass is 16.4. The van der Waals surface area contributed by atoms with Gasteiger partial charge in [-0.1, -0.05) is 238 Å². The summed E-state index contributed by atoms with van der Waals surface area (Å²) in [4.78, 5) is 74.4. The summed E-state index contributed by atoms with van der Waals surface area (Å²) < 4.78 is 0. The number of carbonyl (C=O) groups is 7. The van der Waals surface area contributed by atoms with Gasteiger partial charge in [0.25, 0.3) is 0 Å². The lowest BCUT2D eigenvalue weighted by Gasteiger charge is -2.15. The van der Waals surface area contributed by atoms with Gasteiger partial charge in [-0.15, -0.1) is 0 Å². The first kappa shape index (κ1) is 114. The predicted octanol–water partition coefficient (Wildman–Crippen LogP) is 9.97. The molecule has 0 saturated heterocycles. The van der Waals surface area contributed by atoms with Gasteiger partial charge in [0.1, 0.15) is 42.3 Å². The molecule has 7 rings (SSSR count). The van der Waals surface area contributed by atoms with E-state index in [1.807, 2.05) is 172 Å². The van der Waals surface area contributed by atoms with Gasteiger partial charge in [0.05, 0.1) is 11.4 Å². The van der Waals surface area contributed by atoms with Crippen molar-refractivity contribution in [2.75, 3.05) is 11.5 Å². The maximum atomic E-state index is 10.7. The molecule has 12 unspecified atom stereocenters. The van der Waals surface area contributed by atoms with Gasteiger partial charge >= 0.3 is 41.8 Å². The molecule has 692 valence electrons. The number of carboxylic acid groups (broad SMARTS) is 7. The van der Waals surface area contributed by atoms with E-state index < -0.39 is 84.1 Å². The van der Waals surface area contributed by atoms with Crippen molar-refractivity contribution in [1.29, 1.82) is 0 Å². The highest BCUT2D eigenvalue weighted by Gasteiger charge is 2.20. The fourth-order valence-corrected chi connectivity index (χ4v) is 11.7. The second-order valence-corrected chi connectivity index (χ2v) is 33.3. The zero-order chi connectivity index (χ0) is 94.2. The maximum absolute atomic E-state index is 10.7. The van der Waals surface area contributed by atoms with Crippen LogP contribution in [0.2, 0.25) is 0 Å². The van der Waals surface area contributed by atoms with Gasteiger partial charge in [0.2, 0.25) is 0 Å². The van der Waals surface area contributed by atoms with E-state index in [0.717, 1.165) is 118 Å². The van der Waals surface area contributed by atoms with Crippen LogP contribution in [0.4, 0.5) is 11.4 Å². The van der Waals surface area contributed by atoms with Crippen LogP contribution in [0, 0.1) is 23.7 Å². The molecule has 0 amide bonds. The number of nitrogen functional groups attached to an aromatic ring is 2. The second kappa shape index (κ2) is 60.7. The van der Waals surface area contributed by atoms with E-state index in [2.05, 4.69) is 61.5 Å². The van der Waals surface area contributed by atoms with Crippen LogP contribution in [0.1, 0.15) is 206 Å². The second-order valence-electron chi connectivity index (χ2n) is 33.3. The molecule has 0 aliphatic rings. The zero-order valence-electron chi connectivity index (χ0n) is 74.2. The number of carboxylic acids is 7. The Bertz CT molecular complexity index is 4340. The highest BCUT2D eigenvalue weighted by molar-refractivity contribution is 5.77. The molecule has 0 heterocycles. The first-order chi connectivity index (χ1) is 58.0. The summed E-state index contributed by atoms with van der Waals surface area (Å²) >= 11 is 0. The van der Waals surface area contributed by atoms with Crippen LogP contribution >= 0.6 is 0 Å². The van der Waals surface area contributed by atoms with Crippen molar-refractivity contribution in [2.24, 2.45) is 98.2 Å². The Morgan fingerprint density at radius 3 is 0.928 bits per heavy atom. The smallest absolute Gasteiger partial charge is 0.320 e.